The molecule has 0 bridgehead atoms. The van der Waals surface area contributed by atoms with E-state index >= 15 is 0 Å². The molecule has 0 atom stereocenters. The summed E-state index contributed by atoms with van der Waals surface area (Å²) in [4.78, 5) is 4.32. The first kappa shape index (κ1) is 22.7. The fourth-order valence-electron chi connectivity index (χ4n) is 3.94. The lowest BCUT2D eigenvalue weighted by atomic mass is 9.76. The molecular weight excluding hydrogens is 374 g/mol. The molecule has 2 rings (SSSR count). The van der Waals surface area contributed by atoms with Gasteiger partial charge in [-0.1, -0.05) is 44.2 Å². The van der Waals surface area contributed by atoms with Gasteiger partial charge < -0.3 is 15.4 Å². The molecule has 0 aliphatic carbocycles. The Morgan fingerprint density at radius 1 is 1.14 bits per heavy atom. The lowest BCUT2D eigenvalue weighted by Gasteiger charge is -2.36. The van der Waals surface area contributed by atoms with E-state index in [1.165, 1.54) is 11.8 Å². The largest absolute Gasteiger partial charge is 0.381 e. The van der Waals surface area contributed by atoms with Gasteiger partial charge in [-0.05, 0) is 31.2 Å². The molecule has 2 N–H and O–H groups in total. The summed E-state index contributed by atoms with van der Waals surface area (Å²) >= 11 is 0. The summed E-state index contributed by atoms with van der Waals surface area (Å²) in [6, 6.07) is 10.5. The fourth-order valence-corrected chi connectivity index (χ4v) is 5.19. The Hall–Kier alpha value is -1.60. The molecule has 1 saturated heterocycles. The molecule has 0 unspecified atom stereocenters. The number of sulfone groups is 1. The van der Waals surface area contributed by atoms with Crippen LogP contribution in [0.3, 0.4) is 0 Å². The van der Waals surface area contributed by atoms with E-state index in [-0.39, 0.29) is 5.41 Å². The van der Waals surface area contributed by atoms with Crippen LogP contribution in [0.1, 0.15) is 45.1 Å². The average Bonchev–Trinajstić information content (AvgIpc) is 2.72. The zero-order chi connectivity index (χ0) is 20.7. The summed E-state index contributed by atoms with van der Waals surface area (Å²) in [5, 5.41) is 6.69. The molecule has 0 amide bonds. The molecule has 1 aliphatic rings. The molecule has 6 nitrogen and oxygen atoms in total. The number of guanidine groups is 1. The first-order chi connectivity index (χ1) is 13.3. The van der Waals surface area contributed by atoms with E-state index in [1.807, 2.05) is 6.07 Å². The molecule has 28 heavy (non-hydrogen) atoms. The molecule has 1 aromatic carbocycles. The number of hydrogen-bond acceptors (Lipinski definition) is 4. The van der Waals surface area contributed by atoms with Gasteiger partial charge in [-0.3, -0.25) is 4.99 Å². The summed E-state index contributed by atoms with van der Waals surface area (Å²) in [5.41, 5.74) is 1.31. The highest BCUT2D eigenvalue weighted by molar-refractivity contribution is 7.92. The first-order valence-corrected chi connectivity index (χ1v) is 12.0. The van der Waals surface area contributed by atoms with Gasteiger partial charge in [0.15, 0.2) is 15.8 Å². The fraction of sp³-hybridized carbons (Fsp3) is 0.667. The van der Waals surface area contributed by atoms with Crippen LogP contribution in [0.2, 0.25) is 0 Å². The van der Waals surface area contributed by atoms with Crippen molar-refractivity contribution in [1.29, 1.82) is 0 Å². The lowest BCUT2D eigenvalue weighted by molar-refractivity contribution is 0.0756. The predicted octanol–water partition coefficient (Wildman–Crippen LogP) is 2.50. The van der Waals surface area contributed by atoms with Gasteiger partial charge in [0.1, 0.15) is 0 Å². The van der Waals surface area contributed by atoms with Gasteiger partial charge in [0.2, 0.25) is 0 Å². The van der Waals surface area contributed by atoms with Gasteiger partial charge in [0, 0.05) is 45.0 Å². The molecule has 0 radical (unpaired) electrons. The van der Waals surface area contributed by atoms with Crippen molar-refractivity contribution in [3.05, 3.63) is 35.9 Å². The molecule has 0 spiro atoms. The number of ether oxygens (including phenoxy) is 1. The highest BCUT2D eigenvalue weighted by Gasteiger charge is 2.42. The normalized spacial score (nSPS) is 17.9. The van der Waals surface area contributed by atoms with Crippen LogP contribution < -0.4 is 10.6 Å². The smallest absolute Gasteiger partial charge is 0.191 e. The summed E-state index contributed by atoms with van der Waals surface area (Å²) in [5.74, 6) is 0.636. The van der Waals surface area contributed by atoms with Gasteiger partial charge in [-0.15, -0.1) is 0 Å². The second-order valence-corrected chi connectivity index (χ2v) is 10.1. The number of rotatable bonds is 8. The van der Waals surface area contributed by atoms with Crippen molar-refractivity contribution in [1.82, 2.24) is 10.6 Å². The maximum Gasteiger partial charge on any atom is 0.191 e. The standard InChI is InChI=1S/C21H35N3O3S/c1-5-20(6-2,18-10-8-7-9-11-18)16-23-19(22-3)24-17-21(28(4,25)26)12-14-27-15-13-21/h7-11H,5-6,12-17H2,1-4H3,(H2,22,23,24). The Kier molecular flexibility index (Phi) is 7.89. The topological polar surface area (TPSA) is 79.8 Å². The van der Waals surface area contributed by atoms with Crippen molar-refractivity contribution >= 4 is 15.8 Å². The Bertz CT molecular complexity index is 737. The second kappa shape index (κ2) is 9.74. The highest BCUT2D eigenvalue weighted by atomic mass is 32.2. The van der Waals surface area contributed by atoms with Crippen LogP contribution >= 0.6 is 0 Å². The molecule has 0 saturated carbocycles. The Morgan fingerprint density at radius 2 is 1.75 bits per heavy atom. The van der Waals surface area contributed by atoms with Gasteiger partial charge in [0.25, 0.3) is 0 Å². The van der Waals surface area contributed by atoms with Crippen LogP contribution in [0, 0.1) is 0 Å². The van der Waals surface area contributed by atoms with E-state index in [1.54, 1.807) is 7.05 Å². The van der Waals surface area contributed by atoms with E-state index in [0.29, 0.717) is 38.6 Å². The molecule has 158 valence electrons. The third-order valence-electron chi connectivity index (χ3n) is 6.33. The Labute approximate surface area is 170 Å². The monoisotopic (exact) mass is 409 g/mol. The molecule has 1 aliphatic heterocycles. The number of nitrogens with zero attached hydrogens (tertiary/aromatic N) is 1. The third kappa shape index (κ3) is 5.06. The minimum Gasteiger partial charge on any atom is -0.381 e. The summed E-state index contributed by atoms with van der Waals surface area (Å²) < 4.78 is 29.5. The van der Waals surface area contributed by atoms with Crippen molar-refractivity contribution in [3.63, 3.8) is 0 Å². The van der Waals surface area contributed by atoms with Crippen molar-refractivity contribution in [2.24, 2.45) is 4.99 Å². The molecular formula is C21H35N3O3S. The number of benzene rings is 1. The summed E-state index contributed by atoms with van der Waals surface area (Å²) in [6.45, 7) is 6.43. The van der Waals surface area contributed by atoms with E-state index in [2.05, 4.69) is 53.7 Å². The van der Waals surface area contributed by atoms with Crippen LogP contribution in [0.15, 0.2) is 35.3 Å². The zero-order valence-corrected chi connectivity index (χ0v) is 18.4. The van der Waals surface area contributed by atoms with Crippen molar-refractivity contribution in [2.75, 3.05) is 39.6 Å². The molecule has 0 aromatic heterocycles. The summed E-state index contributed by atoms with van der Waals surface area (Å²) in [6.07, 6.45) is 4.34. The molecule has 1 fully saturated rings. The minimum atomic E-state index is -3.21. The van der Waals surface area contributed by atoms with Gasteiger partial charge in [-0.25, -0.2) is 8.42 Å². The minimum absolute atomic E-state index is 0.00603. The van der Waals surface area contributed by atoms with Gasteiger partial charge in [-0.2, -0.15) is 0 Å². The maximum absolute atomic E-state index is 12.4. The maximum atomic E-state index is 12.4. The Balaban J connectivity index is 2.07. The average molecular weight is 410 g/mol. The van der Waals surface area contributed by atoms with Crippen LogP contribution in [0.4, 0.5) is 0 Å². The van der Waals surface area contributed by atoms with Crippen molar-refractivity contribution in [3.8, 4) is 0 Å². The number of hydrogen-bond donors (Lipinski definition) is 2. The highest BCUT2D eigenvalue weighted by Crippen LogP contribution is 2.31. The number of aliphatic imine (C=N–C) groups is 1. The third-order valence-corrected chi connectivity index (χ3v) is 8.45. The lowest BCUT2D eigenvalue weighted by Crippen LogP contribution is -2.54. The first-order valence-electron chi connectivity index (χ1n) is 10.1. The van der Waals surface area contributed by atoms with E-state index in [0.717, 1.165) is 19.4 Å². The van der Waals surface area contributed by atoms with E-state index < -0.39 is 14.6 Å². The zero-order valence-electron chi connectivity index (χ0n) is 17.6. The van der Waals surface area contributed by atoms with E-state index in [4.69, 9.17) is 4.74 Å². The van der Waals surface area contributed by atoms with Crippen LogP contribution in [0.25, 0.3) is 0 Å². The SMILES string of the molecule is CCC(CC)(CNC(=NC)NCC1(S(C)(=O)=O)CCOCC1)c1ccccc1. The van der Waals surface area contributed by atoms with Crippen LogP contribution in [0.5, 0.6) is 0 Å². The van der Waals surface area contributed by atoms with Gasteiger partial charge in [0.05, 0.1) is 4.75 Å². The quantitative estimate of drug-likeness (QED) is 0.509. The summed E-state index contributed by atoms with van der Waals surface area (Å²) in [7, 11) is -1.50. The van der Waals surface area contributed by atoms with Gasteiger partial charge >= 0.3 is 0 Å². The molecule has 7 heteroatoms. The van der Waals surface area contributed by atoms with Crippen LogP contribution in [-0.4, -0.2) is 58.7 Å². The van der Waals surface area contributed by atoms with Crippen molar-refractivity contribution < 1.29 is 13.2 Å². The molecule has 1 aromatic rings. The van der Waals surface area contributed by atoms with E-state index in [9.17, 15) is 8.42 Å². The van der Waals surface area contributed by atoms with Crippen LogP contribution in [-0.2, 0) is 20.0 Å². The van der Waals surface area contributed by atoms with Crippen molar-refractivity contribution in [2.45, 2.75) is 49.7 Å². The predicted molar refractivity (Wildman–Crippen MR) is 116 cm³/mol. The second-order valence-electron chi connectivity index (χ2n) is 7.70. The number of nitrogens with one attached hydrogen (secondary N) is 2. The molecule has 1 heterocycles. The Morgan fingerprint density at radius 3 is 2.25 bits per heavy atom.